The fourth-order valence-corrected chi connectivity index (χ4v) is 1.30. The number of allylic oxidation sites excluding steroid dienone is 1. The summed E-state index contributed by atoms with van der Waals surface area (Å²) >= 11 is 0. The molecule has 0 amide bonds. The molecule has 0 spiro atoms. The van der Waals surface area contributed by atoms with Crippen LogP contribution in [0, 0.1) is 0 Å². The number of anilines is 1. The zero-order valence-electron chi connectivity index (χ0n) is 7.27. The van der Waals surface area contributed by atoms with Gasteiger partial charge in [0, 0.05) is 11.8 Å². The Morgan fingerprint density at radius 1 is 1.43 bits per heavy atom. The molecular weight excluding hydrogens is 180 g/mol. The highest BCUT2D eigenvalue weighted by atomic mass is 16.4. The van der Waals surface area contributed by atoms with Crippen molar-refractivity contribution >= 4 is 23.9 Å². The van der Waals surface area contributed by atoms with Crippen molar-refractivity contribution in [2.45, 2.75) is 0 Å². The van der Waals surface area contributed by atoms with Crippen molar-refractivity contribution in [1.82, 2.24) is 0 Å². The van der Waals surface area contributed by atoms with Gasteiger partial charge in [-0.15, -0.1) is 0 Å². The third kappa shape index (κ3) is 1.37. The van der Waals surface area contributed by atoms with Crippen LogP contribution in [-0.2, 0) is 0 Å². The van der Waals surface area contributed by atoms with E-state index >= 15 is 0 Å². The second-order valence-electron chi connectivity index (χ2n) is 2.82. The monoisotopic (exact) mass is 188 g/mol. The molecule has 1 aliphatic heterocycles. The smallest absolute Gasteiger partial charge is 0.337 e. The maximum atomic E-state index is 10.9. The average molecular weight is 188 g/mol. The van der Waals surface area contributed by atoms with E-state index in [0.29, 0.717) is 5.69 Å². The summed E-state index contributed by atoms with van der Waals surface area (Å²) in [5.41, 5.74) is 4.28. The highest BCUT2D eigenvalue weighted by molar-refractivity contribution is 5.98. The van der Waals surface area contributed by atoms with Crippen LogP contribution in [0.15, 0.2) is 29.4 Å². The minimum Gasteiger partial charge on any atom is -0.478 e. The summed E-state index contributed by atoms with van der Waals surface area (Å²) in [4.78, 5) is 10.9. The van der Waals surface area contributed by atoms with E-state index in [1.165, 1.54) is 0 Å². The Morgan fingerprint density at radius 2 is 2.29 bits per heavy atom. The van der Waals surface area contributed by atoms with E-state index in [1.807, 2.05) is 12.1 Å². The Hall–Kier alpha value is -2.10. The maximum absolute atomic E-state index is 10.9. The molecule has 4 heteroatoms. The second kappa shape index (κ2) is 3.33. The van der Waals surface area contributed by atoms with Crippen LogP contribution in [0.4, 0.5) is 5.69 Å². The normalized spacial score (nSPS) is 12.9. The van der Waals surface area contributed by atoms with Crippen molar-refractivity contribution in [2.24, 2.45) is 5.10 Å². The highest BCUT2D eigenvalue weighted by Crippen LogP contribution is 2.23. The maximum Gasteiger partial charge on any atom is 0.337 e. The molecule has 1 aliphatic rings. The summed E-state index contributed by atoms with van der Waals surface area (Å²) in [6, 6.07) is 5.09. The largest absolute Gasteiger partial charge is 0.478 e. The van der Waals surface area contributed by atoms with E-state index < -0.39 is 5.97 Å². The third-order valence-electron chi connectivity index (χ3n) is 1.94. The molecule has 0 saturated heterocycles. The lowest BCUT2D eigenvalue weighted by atomic mass is 10.1. The minimum atomic E-state index is -0.958. The van der Waals surface area contributed by atoms with Crippen molar-refractivity contribution in [2.75, 3.05) is 5.43 Å². The van der Waals surface area contributed by atoms with Gasteiger partial charge in [-0.3, -0.25) is 5.43 Å². The summed E-state index contributed by atoms with van der Waals surface area (Å²) in [5, 5.41) is 12.7. The van der Waals surface area contributed by atoms with Gasteiger partial charge < -0.3 is 5.11 Å². The number of fused-ring (bicyclic) bond motifs is 1. The molecule has 4 nitrogen and oxygen atoms in total. The number of benzene rings is 1. The molecule has 0 saturated carbocycles. The number of carbonyl (C=O) groups is 1. The van der Waals surface area contributed by atoms with Gasteiger partial charge in [-0.05, 0) is 12.1 Å². The van der Waals surface area contributed by atoms with E-state index in [0.717, 1.165) is 5.56 Å². The van der Waals surface area contributed by atoms with Crippen molar-refractivity contribution in [3.63, 3.8) is 0 Å². The fourth-order valence-electron chi connectivity index (χ4n) is 1.30. The lowest BCUT2D eigenvalue weighted by molar-refractivity contribution is 0.0698. The van der Waals surface area contributed by atoms with Crippen LogP contribution >= 0.6 is 0 Å². The molecular formula is C10H8N2O2. The van der Waals surface area contributed by atoms with Gasteiger partial charge >= 0.3 is 5.97 Å². The minimum absolute atomic E-state index is 0.228. The number of nitrogens with zero attached hydrogens (tertiary/aromatic N) is 1. The predicted molar refractivity (Wildman–Crippen MR) is 54.6 cm³/mol. The molecule has 2 N–H and O–H groups in total. The van der Waals surface area contributed by atoms with Gasteiger partial charge in [0.2, 0.25) is 0 Å². The molecule has 2 rings (SSSR count). The summed E-state index contributed by atoms with van der Waals surface area (Å²) in [6.07, 6.45) is 5.14. The topological polar surface area (TPSA) is 61.7 Å². The van der Waals surface area contributed by atoms with Gasteiger partial charge in [0.25, 0.3) is 0 Å². The molecule has 0 radical (unpaired) electrons. The van der Waals surface area contributed by atoms with Crippen molar-refractivity contribution in [3.8, 4) is 0 Å². The van der Waals surface area contributed by atoms with Crippen molar-refractivity contribution in [3.05, 3.63) is 35.4 Å². The summed E-state index contributed by atoms with van der Waals surface area (Å²) < 4.78 is 0. The molecule has 1 heterocycles. The van der Waals surface area contributed by atoms with E-state index in [-0.39, 0.29) is 5.56 Å². The number of nitrogens with one attached hydrogen (secondary N) is 1. The summed E-state index contributed by atoms with van der Waals surface area (Å²) in [7, 11) is 0. The van der Waals surface area contributed by atoms with Gasteiger partial charge in [-0.25, -0.2) is 4.79 Å². The average Bonchev–Trinajstić information content (AvgIpc) is 2.41. The second-order valence-corrected chi connectivity index (χ2v) is 2.82. The van der Waals surface area contributed by atoms with Gasteiger partial charge in [0.05, 0.1) is 11.3 Å². The van der Waals surface area contributed by atoms with Crippen LogP contribution in [0.25, 0.3) is 6.08 Å². The van der Waals surface area contributed by atoms with Gasteiger partial charge in [-0.1, -0.05) is 18.2 Å². The summed E-state index contributed by atoms with van der Waals surface area (Å²) in [5.74, 6) is -0.958. The molecule has 0 bridgehead atoms. The number of hydrogen-bond acceptors (Lipinski definition) is 3. The Kier molecular flexibility index (Phi) is 2.02. The number of rotatable bonds is 1. The first-order valence-electron chi connectivity index (χ1n) is 4.11. The van der Waals surface area contributed by atoms with Crippen molar-refractivity contribution in [1.29, 1.82) is 0 Å². The van der Waals surface area contributed by atoms with E-state index in [2.05, 4.69) is 10.5 Å². The first-order chi connectivity index (χ1) is 6.79. The first kappa shape index (κ1) is 8.50. The quantitative estimate of drug-likeness (QED) is 0.706. The highest BCUT2D eigenvalue weighted by Gasteiger charge is 2.12. The number of hydrogen-bond donors (Lipinski definition) is 2. The van der Waals surface area contributed by atoms with Crippen LogP contribution in [0.3, 0.4) is 0 Å². The van der Waals surface area contributed by atoms with Gasteiger partial charge in [-0.2, -0.15) is 5.10 Å². The van der Waals surface area contributed by atoms with Gasteiger partial charge in [0.15, 0.2) is 0 Å². The Bertz CT molecular complexity index is 436. The Labute approximate surface area is 80.6 Å². The molecule has 0 atom stereocenters. The van der Waals surface area contributed by atoms with E-state index in [9.17, 15) is 4.79 Å². The zero-order valence-corrected chi connectivity index (χ0v) is 7.27. The van der Waals surface area contributed by atoms with Crippen LogP contribution < -0.4 is 5.43 Å². The van der Waals surface area contributed by atoms with Crippen molar-refractivity contribution < 1.29 is 9.90 Å². The number of hydrazone groups is 1. The first-order valence-corrected chi connectivity index (χ1v) is 4.11. The van der Waals surface area contributed by atoms with Crippen LogP contribution in [0.1, 0.15) is 15.9 Å². The number of para-hydroxylation sites is 1. The van der Waals surface area contributed by atoms with Gasteiger partial charge in [0.1, 0.15) is 0 Å². The standard InChI is InChI=1S/C10H8N2O2/c13-10(14)8-5-1-3-7-4-2-6-11-12-9(7)8/h1-6,12H,(H,13,14). The SMILES string of the molecule is O=C(O)c1cccc2c1NN=CC=C2. The number of carboxylic acids is 1. The fraction of sp³-hybridized carbons (Fsp3) is 0. The Morgan fingerprint density at radius 3 is 3.07 bits per heavy atom. The number of aromatic carboxylic acids is 1. The van der Waals surface area contributed by atoms with Crippen LogP contribution in [0.2, 0.25) is 0 Å². The van der Waals surface area contributed by atoms with Crippen LogP contribution in [-0.4, -0.2) is 17.3 Å². The van der Waals surface area contributed by atoms with E-state index in [4.69, 9.17) is 5.11 Å². The molecule has 0 aromatic heterocycles. The molecule has 0 unspecified atom stereocenters. The zero-order chi connectivity index (χ0) is 9.97. The number of carboxylic acid groups (broad SMARTS) is 1. The van der Waals surface area contributed by atoms with Crippen LogP contribution in [0.5, 0.6) is 0 Å². The lowest BCUT2D eigenvalue weighted by Crippen LogP contribution is -2.03. The third-order valence-corrected chi connectivity index (χ3v) is 1.94. The summed E-state index contributed by atoms with van der Waals surface area (Å²) in [6.45, 7) is 0. The lowest BCUT2D eigenvalue weighted by Gasteiger charge is -2.07. The molecule has 14 heavy (non-hydrogen) atoms. The predicted octanol–water partition coefficient (Wildman–Crippen LogP) is 1.81. The molecule has 0 aliphatic carbocycles. The molecule has 1 aromatic rings. The Balaban J connectivity index is 2.61. The molecule has 1 aromatic carbocycles. The van der Waals surface area contributed by atoms with E-state index in [1.54, 1.807) is 24.4 Å². The molecule has 0 fully saturated rings. The molecule has 70 valence electrons.